The van der Waals surface area contributed by atoms with Crippen LogP contribution in [0.5, 0.6) is 17.2 Å². The summed E-state index contributed by atoms with van der Waals surface area (Å²) in [5, 5.41) is 22.1. The minimum absolute atomic E-state index is 0.0705. The number of phenols is 2. The van der Waals surface area contributed by atoms with Gasteiger partial charge in [0.1, 0.15) is 0 Å². The van der Waals surface area contributed by atoms with Gasteiger partial charge in [0.15, 0.2) is 23.1 Å². The predicted molar refractivity (Wildman–Crippen MR) is 74.7 cm³/mol. The largest absolute Gasteiger partial charge is 0.505 e. The summed E-state index contributed by atoms with van der Waals surface area (Å²) in [4.78, 5) is 0. The summed E-state index contributed by atoms with van der Waals surface area (Å²) in [5.74, 6) is -0.594. The highest BCUT2D eigenvalue weighted by atomic mass is 19.1. The number of nitrogens with one attached hydrogen (secondary N) is 1. The molecule has 0 atom stereocenters. The maximum Gasteiger partial charge on any atom is 0.166 e. The van der Waals surface area contributed by atoms with Crippen molar-refractivity contribution in [2.75, 3.05) is 11.9 Å². The van der Waals surface area contributed by atoms with Crippen LogP contribution >= 0.6 is 0 Å². The van der Waals surface area contributed by atoms with Gasteiger partial charge in [-0.1, -0.05) is 12.1 Å². The molecule has 0 bridgehead atoms. The molecule has 2 rings (SSSR count). The molecule has 0 saturated carbocycles. The molecule has 0 aromatic heterocycles. The summed E-state index contributed by atoms with van der Waals surface area (Å²) in [6.45, 7) is 2.62. The maximum absolute atomic E-state index is 13.2. The first-order chi connectivity index (χ1) is 9.61. The molecule has 0 radical (unpaired) electrons. The van der Waals surface area contributed by atoms with Gasteiger partial charge in [-0.2, -0.15) is 0 Å². The summed E-state index contributed by atoms with van der Waals surface area (Å²) in [7, 11) is 0. The Labute approximate surface area is 116 Å². The minimum Gasteiger partial charge on any atom is -0.505 e. The van der Waals surface area contributed by atoms with Crippen LogP contribution in [0.15, 0.2) is 36.4 Å². The van der Waals surface area contributed by atoms with E-state index in [1.165, 1.54) is 12.1 Å². The number of benzene rings is 2. The molecule has 0 amide bonds. The molecule has 0 spiro atoms. The molecule has 106 valence electrons. The second kappa shape index (κ2) is 6.14. The van der Waals surface area contributed by atoms with Gasteiger partial charge in [-0.25, -0.2) is 4.39 Å². The van der Waals surface area contributed by atoms with Gasteiger partial charge >= 0.3 is 0 Å². The van der Waals surface area contributed by atoms with Crippen LogP contribution in [-0.4, -0.2) is 16.8 Å². The fourth-order valence-corrected chi connectivity index (χ4v) is 1.80. The second-order valence-corrected chi connectivity index (χ2v) is 4.22. The van der Waals surface area contributed by atoms with Gasteiger partial charge in [0.05, 0.1) is 6.61 Å². The van der Waals surface area contributed by atoms with Crippen LogP contribution in [0.25, 0.3) is 0 Å². The number of aromatic hydroxyl groups is 2. The first-order valence-corrected chi connectivity index (χ1v) is 6.28. The fraction of sp³-hybridized carbons (Fsp3) is 0.200. The number of rotatable bonds is 5. The van der Waals surface area contributed by atoms with E-state index in [1.807, 2.05) is 6.92 Å². The topological polar surface area (TPSA) is 61.7 Å². The third kappa shape index (κ3) is 3.12. The lowest BCUT2D eigenvalue weighted by molar-refractivity contribution is 0.317. The molecule has 0 unspecified atom stereocenters. The lowest BCUT2D eigenvalue weighted by Crippen LogP contribution is -2.01. The molecule has 0 heterocycles. The monoisotopic (exact) mass is 277 g/mol. The average molecular weight is 277 g/mol. The van der Waals surface area contributed by atoms with Gasteiger partial charge in [0, 0.05) is 23.9 Å². The smallest absolute Gasteiger partial charge is 0.166 e. The SMILES string of the molecule is CCOc1cccc(CNc2ccc(O)c(F)c2)c1O. The number of phenolic OH excluding ortho intramolecular Hbond substituents is 2. The number of para-hydroxylation sites is 1. The van der Waals surface area contributed by atoms with Crippen LogP contribution in [0.4, 0.5) is 10.1 Å². The van der Waals surface area contributed by atoms with Crippen LogP contribution < -0.4 is 10.1 Å². The number of halogens is 1. The summed E-state index contributed by atoms with van der Waals surface area (Å²) in [6, 6.07) is 9.23. The first-order valence-electron chi connectivity index (χ1n) is 6.28. The Morgan fingerprint density at radius 3 is 2.70 bits per heavy atom. The standard InChI is InChI=1S/C15H16FNO3/c1-2-20-14-5-3-4-10(15(14)19)9-17-11-6-7-13(18)12(16)8-11/h3-8,17-19H,2,9H2,1H3. The van der Waals surface area contributed by atoms with Crippen LogP contribution in [0.2, 0.25) is 0 Å². The zero-order valence-corrected chi connectivity index (χ0v) is 11.1. The molecular formula is C15H16FNO3. The van der Waals surface area contributed by atoms with Gasteiger partial charge < -0.3 is 20.3 Å². The number of hydrogen-bond acceptors (Lipinski definition) is 4. The lowest BCUT2D eigenvalue weighted by atomic mass is 10.1. The van der Waals surface area contributed by atoms with Crippen molar-refractivity contribution in [2.45, 2.75) is 13.5 Å². The zero-order chi connectivity index (χ0) is 14.5. The van der Waals surface area contributed by atoms with E-state index in [-0.39, 0.29) is 5.75 Å². The lowest BCUT2D eigenvalue weighted by Gasteiger charge is -2.11. The highest BCUT2D eigenvalue weighted by Crippen LogP contribution is 2.30. The average Bonchev–Trinajstić information content (AvgIpc) is 2.44. The van der Waals surface area contributed by atoms with Crippen molar-refractivity contribution in [3.05, 3.63) is 47.8 Å². The molecule has 2 aromatic carbocycles. The Balaban J connectivity index is 2.10. The molecule has 3 N–H and O–H groups in total. The summed E-state index contributed by atoms with van der Waals surface area (Å²) in [5.41, 5.74) is 1.16. The Kier molecular flexibility index (Phi) is 4.30. The molecule has 0 aliphatic rings. The molecule has 2 aromatic rings. The van der Waals surface area contributed by atoms with Crippen molar-refractivity contribution in [3.8, 4) is 17.2 Å². The molecule has 0 aliphatic carbocycles. The van der Waals surface area contributed by atoms with E-state index in [0.717, 1.165) is 0 Å². The predicted octanol–water partition coefficient (Wildman–Crippen LogP) is 3.25. The molecule has 20 heavy (non-hydrogen) atoms. The molecule has 0 aliphatic heterocycles. The van der Waals surface area contributed by atoms with Gasteiger partial charge in [0.25, 0.3) is 0 Å². The van der Waals surface area contributed by atoms with E-state index in [0.29, 0.717) is 30.2 Å². The van der Waals surface area contributed by atoms with Crippen LogP contribution in [0.1, 0.15) is 12.5 Å². The summed E-state index contributed by atoms with van der Waals surface area (Å²) < 4.78 is 18.5. The molecule has 0 fully saturated rings. The first kappa shape index (κ1) is 14.0. The van der Waals surface area contributed by atoms with Crippen LogP contribution in [0, 0.1) is 5.82 Å². The van der Waals surface area contributed by atoms with Crippen molar-refractivity contribution in [2.24, 2.45) is 0 Å². The Morgan fingerprint density at radius 2 is 2.00 bits per heavy atom. The van der Waals surface area contributed by atoms with E-state index < -0.39 is 11.6 Å². The van der Waals surface area contributed by atoms with E-state index >= 15 is 0 Å². The fourth-order valence-electron chi connectivity index (χ4n) is 1.80. The van der Waals surface area contributed by atoms with E-state index in [4.69, 9.17) is 9.84 Å². The Hall–Kier alpha value is -2.43. The molecule has 4 nitrogen and oxygen atoms in total. The Morgan fingerprint density at radius 1 is 1.20 bits per heavy atom. The highest BCUT2D eigenvalue weighted by molar-refractivity contribution is 5.50. The van der Waals surface area contributed by atoms with Crippen molar-refractivity contribution >= 4 is 5.69 Å². The highest BCUT2D eigenvalue weighted by Gasteiger charge is 2.08. The molecular weight excluding hydrogens is 261 g/mol. The van der Waals surface area contributed by atoms with Gasteiger partial charge in [-0.15, -0.1) is 0 Å². The van der Waals surface area contributed by atoms with Crippen LogP contribution in [-0.2, 0) is 6.54 Å². The minimum atomic E-state index is -0.692. The normalized spacial score (nSPS) is 10.3. The van der Waals surface area contributed by atoms with Crippen molar-refractivity contribution in [3.63, 3.8) is 0 Å². The zero-order valence-electron chi connectivity index (χ0n) is 11.1. The van der Waals surface area contributed by atoms with Crippen molar-refractivity contribution in [1.29, 1.82) is 0 Å². The van der Waals surface area contributed by atoms with Gasteiger partial charge in [0.2, 0.25) is 0 Å². The second-order valence-electron chi connectivity index (χ2n) is 4.22. The molecule has 0 saturated heterocycles. The van der Waals surface area contributed by atoms with E-state index in [9.17, 15) is 9.50 Å². The van der Waals surface area contributed by atoms with E-state index in [2.05, 4.69) is 5.32 Å². The van der Waals surface area contributed by atoms with Gasteiger partial charge in [-0.05, 0) is 25.1 Å². The third-order valence-electron chi connectivity index (χ3n) is 2.81. The van der Waals surface area contributed by atoms with Crippen molar-refractivity contribution < 1.29 is 19.3 Å². The third-order valence-corrected chi connectivity index (χ3v) is 2.81. The summed E-state index contributed by atoms with van der Waals surface area (Å²) >= 11 is 0. The maximum atomic E-state index is 13.2. The number of ether oxygens (including phenoxy) is 1. The van der Waals surface area contributed by atoms with E-state index in [1.54, 1.807) is 24.3 Å². The molecule has 5 heteroatoms. The number of anilines is 1. The summed E-state index contributed by atoms with van der Waals surface area (Å²) in [6.07, 6.45) is 0. The quantitative estimate of drug-likeness (QED) is 0.734. The van der Waals surface area contributed by atoms with Crippen molar-refractivity contribution in [1.82, 2.24) is 0 Å². The number of hydrogen-bond donors (Lipinski definition) is 3. The Bertz CT molecular complexity index is 602. The van der Waals surface area contributed by atoms with Crippen LogP contribution in [0.3, 0.4) is 0 Å². The van der Waals surface area contributed by atoms with Gasteiger partial charge in [-0.3, -0.25) is 0 Å².